The summed E-state index contributed by atoms with van der Waals surface area (Å²) in [5.41, 5.74) is 3.70. The molecule has 1 heterocycles. The fourth-order valence-corrected chi connectivity index (χ4v) is 2.99. The molecule has 0 bridgehead atoms. The van der Waals surface area contributed by atoms with Gasteiger partial charge in [0, 0.05) is 18.2 Å². The van der Waals surface area contributed by atoms with Crippen LogP contribution in [0.3, 0.4) is 0 Å². The van der Waals surface area contributed by atoms with Crippen LogP contribution in [-0.4, -0.2) is 17.7 Å². The van der Waals surface area contributed by atoms with Crippen LogP contribution < -0.4 is 5.32 Å². The molecule has 0 amide bonds. The molecule has 2 rings (SSSR count). The number of aryl methyl sites for hydroxylation is 2. The number of rotatable bonds is 5. The monoisotopic (exact) mass is 276 g/mol. The number of hydrogen-bond acceptors (Lipinski definition) is 3. The summed E-state index contributed by atoms with van der Waals surface area (Å²) in [7, 11) is 0. The summed E-state index contributed by atoms with van der Waals surface area (Å²) in [5.74, 6) is 1.66. The van der Waals surface area contributed by atoms with Crippen LogP contribution in [0.1, 0.15) is 63.0 Å². The van der Waals surface area contributed by atoms with E-state index in [1.165, 1.54) is 43.2 Å². The zero-order valence-electron chi connectivity index (χ0n) is 13.3. The first-order chi connectivity index (χ1) is 9.58. The highest BCUT2D eigenvalue weighted by Gasteiger charge is 2.19. The normalized spacial score (nSPS) is 17.9. The van der Waals surface area contributed by atoms with Crippen LogP contribution >= 0.6 is 0 Å². The Morgan fingerprint density at radius 1 is 1.30 bits per heavy atom. The first-order valence-corrected chi connectivity index (χ1v) is 7.94. The van der Waals surface area contributed by atoms with E-state index in [9.17, 15) is 0 Å². The lowest BCUT2D eigenvalue weighted by molar-refractivity contribution is 0.392. The maximum absolute atomic E-state index is 5.29. The van der Waals surface area contributed by atoms with Gasteiger partial charge in [0.2, 0.25) is 0 Å². The highest BCUT2D eigenvalue weighted by atomic mass is 16.5. The second-order valence-corrected chi connectivity index (χ2v) is 6.33. The number of nitrogens with one attached hydrogen (secondary N) is 1. The molecule has 0 aromatic carbocycles. The predicted octanol–water partition coefficient (Wildman–Crippen LogP) is 4.25. The molecule has 1 fully saturated rings. The smallest absolute Gasteiger partial charge is 0.141 e. The van der Waals surface area contributed by atoms with E-state index >= 15 is 0 Å². The summed E-state index contributed by atoms with van der Waals surface area (Å²) in [6.07, 6.45) is 9.11. The van der Waals surface area contributed by atoms with E-state index in [0.717, 1.165) is 23.9 Å². The van der Waals surface area contributed by atoms with Crippen LogP contribution in [0.2, 0.25) is 0 Å². The molecule has 0 radical (unpaired) electrons. The molecular formula is C17H28N2O. The van der Waals surface area contributed by atoms with Gasteiger partial charge in [0.15, 0.2) is 0 Å². The fourth-order valence-electron chi connectivity index (χ4n) is 2.99. The molecule has 1 aliphatic carbocycles. The number of hydrogen-bond donors (Lipinski definition) is 1. The lowest BCUT2D eigenvalue weighted by atomic mass is 9.82. The Balaban J connectivity index is 2.20. The van der Waals surface area contributed by atoms with Crippen molar-refractivity contribution in [1.29, 1.82) is 0 Å². The minimum atomic E-state index is 0.520. The van der Waals surface area contributed by atoms with Crippen LogP contribution in [0.15, 0.2) is 10.1 Å². The molecule has 1 aromatic heterocycles. The second kappa shape index (κ2) is 7.07. The summed E-state index contributed by atoms with van der Waals surface area (Å²) in [6.45, 7) is 9.41. The number of aromatic nitrogens is 1. The van der Waals surface area contributed by atoms with Gasteiger partial charge in [-0.15, -0.1) is 0 Å². The molecule has 0 spiro atoms. The maximum atomic E-state index is 5.29. The Labute approximate surface area is 122 Å². The first-order valence-electron chi connectivity index (χ1n) is 7.94. The Kier molecular flexibility index (Phi) is 5.41. The van der Waals surface area contributed by atoms with E-state index in [-0.39, 0.29) is 0 Å². The lowest BCUT2D eigenvalue weighted by Crippen LogP contribution is -2.28. The summed E-state index contributed by atoms with van der Waals surface area (Å²) >= 11 is 0. The predicted molar refractivity (Wildman–Crippen MR) is 83.7 cm³/mol. The largest absolute Gasteiger partial charge is 0.361 e. The van der Waals surface area contributed by atoms with Crippen molar-refractivity contribution in [3.05, 3.63) is 22.6 Å². The van der Waals surface area contributed by atoms with Crippen LogP contribution in [-0.2, 0) is 0 Å². The highest BCUT2D eigenvalue weighted by Crippen LogP contribution is 2.31. The van der Waals surface area contributed by atoms with Gasteiger partial charge in [-0.25, -0.2) is 0 Å². The third kappa shape index (κ3) is 3.95. The molecule has 1 N–H and O–H groups in total. The molecular weight excluding hydrogens is 248 g/mol. The van der Waals surface area contributed by atoms with Crippen molar-refractivity contribution in [3.8, 4) is 0 Å². The van der Waals surface area contributed by atoms with E-state index < -0.39 is 0 Å². The van der Waals surface area contributed by atoms with E-state index in [0.29, 0.717) is 6.04 Å². The van der Waals surface area contributed by atoms with Crippen LogP contribution in [0, 0.1) is 19.8 Å². The van der Waals surface area contributed by atoms with E-state index in [1.54, 1.807) is 0 Å². The van der Waals surface area contributed by atoms with Crippen molar-refractivity contribution < 1.29 is 4.52 Å². The molecule has 0 aliphatic heterocycles. The van der Waals surface area contributed by atoms with Crippen molar-refractivity contribution in [2.45, 2.75) is 65.8 Å². The van der Waals surface area contributed by atoms with Crippen molar-refractivity contribution in [2.24, 2.45) is 5.92 Å². The Bertz CT molecular complexity index is 434. The van der Waals surface area contributed by atoms with Gasteiger partial charge in [-0.2, -0.15) is 0 Å². The van der Waals surface area contributed by atoms with Gasteiger partial charge in [0.25, 0.3) is 0 Å². The van der Waals surface area contributed by atoms with Crippen molar-refractivity contribution >= 4 is 6.08 Å². The maximum Gasteiger partial charge on any atom is 0.141 e. The molecule has 3 heteroatoms. The highest BCUT2D eigenvalue weighted by molar-refractivity contribution is 5.57. The van der Waals surface area contributed by atoms with E-state index in [2.05, 4.69) is 30.4 Å². The number of nitrogens with zero attached hydrogens (tertiary/aromatic N) is 1. The molecule has 0 unspecified atom stereocenters. The van der Waals surface area contributed by atoms with Crippen molar-refractivity contribution in [1.82, 2.24) is 10.5 Å². The van der Waals surface area contributed by atoms with E-state index in [4.69, 9.17) is 4.52 Å². The van der Waals surface area contributed by atoms with Gasteiger partial charge in [-0.1, -0.05) is 43.8 Å². The summed E-state index contributed by atoms with van der Waals surface area (Å²) < 4.78 is 5.29. The molecule has 20 heavy (non-hydrogen) atoms. The second-order valence-electron chi connectivity index (χ2n) is 6.33. The fraction of sp³-hybridized carbons (Fsp3) is 0.706. The third-order valence-corrected chi connectivity index (χ3v) is 4.26. The Morgan fingerprint density at radius 2 is 2.00 bits per heavy atom. The van der Waals surface area contributed by atoms with Gasteiger partial charge in [0.05, 0.1) is 5.69 Å². The molecule has 3 nitrogen and oxygen atoms in total. The average Bonchev–Trinajstić information content (AvgIpc) is 2.75. The van der Waals surface area contributed by atoms with Crippen LogP contribution in [0.4, 0.5) is 0 Å². The Morgan fingerprint density at radius 3 is 2.55 bits per heavy atom. The zero-order valence-corrected chi connectivity index (χ0v) is 13.3. The van der Waals surface area contributed by atoms with Gasteiger partial charge in [-0.3, -0.25) is 0 Å². The first kappa shape index (κ1) is 15.3. The van der Waals surface area contributed by atoms with Gasteiger partial charge in [-0.05, 0) is 38.7 Å². The summed E-state index contributed by atoms with van der Waals surface area (Å²) in [5, 5.41) is 7.64. The molecule has 1 aromatic rings. The average molecular weight is 276 g/mol. The minimum absolute atomic E-state index is 0.520. The molecule has 112 valence electrons. The molecule has 0 saturated heterocycles. The van der Waals surface area contributed by atoms with Crippen LogP contribution in [0.25, 0.3) is 6.08 Å². The van der Waals surface area contributed by atoms with Gasteiger partial charge < -0.3 is 9.84 Å². The zero-order chi connectivity index (χ0) is 14.5. The Hall–Kier alpha value is -1.09. The van der Waals surface area contributed by atoms with E-state index in [1.807, 2.05) is 13.8 Å². The standard InChI is InChI=1S/C17H28N2O/c1-12(2)18-11-16(15-8-6-5-7-9-15)10-17-13(3)19-20-14(17)4/h10,12,15,18H,5-9,11H2,1-4H3. The SMILES string of the molecule is Cc1noc(C)c1C=C(CNC(C)C)C1CCCCC1. The third-order valence-electron chi connectivity index (χ3n) is 4.26. The molecule has 1 aliphatic rings. The lowest BCUT2D eigenvalue weighted by Gasteiger charge is -2.25. The van der Waals surface area contributed by atoms with Gasteiger partial charge in [0.1, 0.15) is 5.76 Å². The molecule has 1 saturated carbocycles. The van der Waals surface area contributed by atoms with Gasteiger partial charge >= 0.3 is 0 Å². The summed E-state index contributed by atoms with van der Waals surface area (Å²) in [4.78, 5) is 0. The van der Waals surface area contributed by atoms with Crippen LogP contribution in [0.5, 0.6) is 0 Å². The quantitative estimate of drug-likeness (QED) is 0.873. The minimum Gasteiger partial charge on any atom is -0.361 e. The van der Waals surface area contributed by atoms with Crippen molar-refractivity contribution in [2.75, 3.05) is 6.54 Å². The summed E-state index contributed by atoms with van der Waals surface area (Å²) in [6, 6.07) is 0.520. The van der Waals surface area contributed by atoms with Crippen molar-refractivity contribution in [3.63, 3.8) is 0 Å². The topological polar surface area (TPSA) is 38.1 Å². The molecule has 0 atom stereocenters.